The number of likely N-dealkylation sites (tertiary alicyclic amines) is 1. The Kier molecular flexibility index (Phi) is 14.8. The summed E-state index contributed by atoms with van der Waals surface area (Å²) in [4.78, 5) is 63.1. The smallest absolute Gasteiger partial charge is 0.243 e. The van der Waals surface area contributed by atoms with Crippen molar-refractivity contribution in [3.63, 3.8) is 0 Å². The molecule has 2 saturated heterocycles. The maximum absolute atomic E-state index is 14.1. The number of Topliss-reactive ketones (excluding diaryl/α,β-unsaturated/α-hetero) is 1. The van der Waals surface area contributed by atoms with Gasteiger partial charge in [-0.1, -0.05) is 63.6 Å². The number of para-hydroxylation sites is 1. The van der Waals surface area contributed by atoms with Gasteiger partial charge in [0.25, 0.3) is 0 Å². The van der Waals surface area contributed by atoms with Crippen LogP contribution in [0, 0.1) is 24.2 Å². The van der Waals surface area contributed by atoms with Gasteiger partial charge in [0.05, 0.1) is 39.6 Å². The summed E-state index contributed by atoms with van der Waals surface area (Å²) in [6.45, 7) is 11.5. The predicted octanol–water partition coefficient (Wildman–Crippen LogP) is 6.22. The first-order valence-electron chi connectivity index (χ1n) is 21.4. The normalized spacial score (nSPS) is 18.1. The first kappa shape index (κ1) is 45.1. The quantitative estimate of drug-likeness (QED) is 0.0801. The van der Waals surface area contributed by atoms with E-state index < -0.39 is 23.5 Å². The van der Waals surface area contributed by atoms with Crippen LogP contribution in [-0.2, 0) is 19.2 Å². The highest BCUT2D eigenvalue weighted by Gasteiger charge is 2.44. The molecule has 4 aromatic rings. The van der Waals surface area contributed by atoms with Crippen molar-refractivity contribution in [1.82, 2.24) is 30.7 Å². The Bertz CT molecular complexity index is 2160. The number of ketones is 1. The molecule has 14 nitrogen and oxygen atoms in total. The topological polar surface area (TPSA) is 204 Å². The number of hydrogen-bond donors (Lipinski definition) is 5. The Labute approximate surface area is 362 Å². The summed E-state index contributed by atoms with van der Waals surface area (Å²) in [5.74, 6) is -0.994. The zero-order chi connectivity index (χ0) is 43.8. The Hall–Kier alpha value is -5.41. The second-order valence-corrected chi connectivity index (χ2v) is 18.4. The van der Waals surface area contributed by atoms with Crippen molar-refractivity contribution in [2.75, 3.05) is 36.8 Å². The van der Waals surface area contributed by atoms with Crippen molar-refractivity contribution in [2.45, 2.75) is 104 Å². The highest BCUT2D eigenvalue weighted by molar-refractivity contribution is 7.13. The number of piperidine rings is 1. The van der Waals surface area contributed by atoms with E-state index in [4.69, 9.17) is 5.73 Å². The maximum Gasteiger partial charge on any atom is 0.243 e. The Morgan fingerprint density at radius 1 is 0.984 bits per heavy atom. The number of nitrogens with zero attached hydrogens (tertiary/aromatic N) is 5. The number of aromatic nitrogens is 3. The number of anilines is 2. The number of β-amino-alcohol motifs (C(OH)–C–C–N with tert-alkyl or cyclic N) is 1. The van der Waals surface area contributed by atoms with Crippen molar-refractivity contribution >= 4 is 46.3 Å². The number of aliphatic hydroxyl groups is 1. The molecule has 2 aliphatic rings. The van der Waals surface area contributed by atoms with E-state index in [0.717, 1.165) is 40.2 Å². The number of aliphatic hydroxyl groups excluding tert-OH is 1. The minimum absolute atomic E-state index is 0.0166. The van der Waals surface area contributed by atoms with Gasteiger partial charge in [0, 0.05) is 62.8 Å². The molecule has 2 fully saturated rings. The molecule has 6 N–H and O–H groups in total. The van der Waals surface area contributed by atoms with Gasteiger partial charge in [-0.05, 0) is 74.3 Å². The van der Waals surface area contributed by atoms with E-state index in [2.05, 4.69) is 30.7 Å². The summed E-state index contributed by atoms with van der Waals surface area (Å²) in [5.41, 5.74) is 12.2. The van der Waals surface area contributed by atoms with Crippen LogP contribution >= 0.6 is 11.3 Å². The molecule has 0 aliphatic carbocycles. The number of hydrogen-bond acceptors (Lipinski definition) is 12. The molecule has 3 amide bonds. The summed E-state index contributed by atoms with van der Waals surface area (Å²) < 4.78 is 0. The molecule has 2 aromatic carbocycles. The van der Waals surface area contributed by atoms with E-state index >= 15 is 0 Å². The van der Waals surface area contributed by atoms with Crippen LogP contribution in [0.15, 0.2) is 60.1 Å². The molecule has 4 atom stereocenters. The van der Waals surface area contributed by atoms with Crippen LogP contribution in [0.4, 0.5) is 11.5 Å². The largest absolute Gasteiger partial charge is 0.507 e. The molecular weight excluding hydrogens is 793 g/mol. The zero-order valence-electron chi connectivity index (χ0n) is 35.9. The number of aryl methyl sites for hydroxylation is 1. The fraction of sp³-hybridized carbons (Fsp3) is 0.500. The number of rotatable bonds is 16. The lowest BCUT2D eigenvalue weighted by Gasteiger charge is -2.35. The molecule has 0 saturated carbocycles. The van der Waals surface area contributed by atoms with E-state index in [1.807, 2.05) is 76.5 Å². The zero-order valence-corrected chi connectivity index (χ0v) is 36.7. The Balaban J connectivity index is 0.922. The van der Waals surface area contributed by atoms with Crippen molar-refractivity contribution in [2.24, 2.45) is 17.3 Å². The van der Waals surface area contributed by atoms with Crippen LogP contribution in [0.1, 0.15) is 96.4 Å². The number of nitrogens with two attached hydrogens (primary N) is 1. The SMILES string of the molecule is Cc1ncsc1-c1ccc([C@H](C)NC(=O)[C@@H]2C[C@@H](O)CN2C(=O)[C@@H](CC(=O)CCCCCNC(=O)C2CCN(c3cc(-c4ccccc4O)nnc3N)CC2)C(C)(C)C)cc1. The number of phenols is 1. The van der Waals surface area contributed by atoms with E-state index in [1.54, 1.807) is 29.5 Å². The van der Waals surface area contributed by atoms with E-state index in [-0.39, 0.29) is 60.6 Å². The van der Waals surface area contributed by atoms with Crippen molar-refractivity contribution < 1.29 is 29.4 Å². The van der Waals surface area contributed by atoms with Gasteiger partial charge in [0.1, 0.15) is 17.6 Å². The van der Waals surface area contributed by atoms with Crippen molar-refractivity contribution in [1.29, 1.82) is 0 Å². The monoisotopic (exact) mass is 852 g/mol. The lowest BCUT2D eigenvalue weighted by Crippen LogP contribution is -2.50. The summed E-state index contributed by atoms with van der Waals surface area (Å²) >= 11 is 1.58. The number of nitrogens with one attached hydrogen (secondary N) is 2. The van der Waals surface area contributed by atoms with Gasteiger partial charge in [-0.2, -0.15) is 0 Å². The number of nitrogen functional groups attached to an aromatic ring is 1. The average molecular weight is 853 g/mol. The second kappa shape index (κ2) is 20.0. The molecule has 4 heterocycles. The molecule has 0 spiro atoms. The third-order valence-electron chi connectivity index (χ3n) is 12.0. The molecule has 0 unspecified atom stereocenters. The lowest BCUT2D eigenvalue weighted by atomic mass is 9.76. The summed E-state index contributed by atoms with van der Waals surface area (Å²) in [7, 11) is 0. The first-order valence-corrected chi connectivity index (χ1v) is 22.2. The highest BCUT2D eigenvalue weighted by Crippen LogP contribution is 2.36. The van der Waals surface area contributed by atoms with E-state index in [9.17, 15) is 29.4 Å². The molecule has 2 aromatic heterocycles. The molecule has 61 heavy (non-hydrogen) atoms. The minimum atomic E-state index is -0.839. The van der Waals surface area contributed by atoms with E-state index in [1.165, 1.54) is 4.90 Å². The minimum Gasteiger partial charge on any atom is -0.507 e. The third kappa shape index (κ3) is 11.3. The number of thiazole rings is 1. The van der Waals surface area contributed by atoms with Gasteiger partial charge >= 0.3 is 0 Å². The fourth-order valence-corrected chi connectivity index (χ4v) is 9.14. The molecule has 6 rings (SSSR count). The number of benzene rings is 2. The Morgan fingerprint density at radius 2 is 1.70 bits per heavy atom. The predicted molar refractivity (Wildman–Crippen MR) is 237 cm³/mol. The average Bonchev–Trinajstić information content (AvgIpc) is 3.86. The van der Waals surface area contributed by atoms with Crippen LogP contribution in [0.2, 0.25) is 0 Å². The van der Waals surface area contributed by atoms with Gasteiger partial charge in [0.2, 0.25) is 17.7 Å². The maximum atomic E-state index is 14.1. The summed E-state index contributed by atoms with van der Waals surface area (Å²) in [6.07, 6.45) is 3.10. The number of unbranched alkanes of at least 4 members (excludes halogenated alkanes) is 2. The number of amides is 3. The summed E-state index contributed by atoms with van der Waals surface area (Å²) in [6, 6.07) is 15.6. The van der Waals surface area contributed by atoms with Crippen LogP contribution in [0.5, 0.6) is 5.75 Å². The van der Waals surface area contributed by atoms with Gasteiger partial charge in [-0.3, -0.25) is 19.2 Å². The van der Waals surface area contributed by atoms with Crippen LogP contribution in [0.25, 0.3) is 21.7 Å². The van der Waals surface area contributed by atoms with Gasteiger partial charge in [-0.25, -0.2) is 4.98 Å². The summed E-state index contributed by atoms with van der Waals surface area (Å²) in [5, 5.41) is 35.3. The highest BCUT2D eigenvalue weighted by atomic mass is 32.1. The van der Waals surface area contributed by atoms with Crippen LogP contribution < -0.4 is 21.3 Å². The number of phenolic OH excluding ortho intramolecular Hbond substituents is 1. The molecule has 326 valence electrons. The van der Waals surface area contributed by atoms with Crippen molar-refractivity contribution in [3.8, 4) is 27.4 Å². The van der Waals surface area contributed by atoms with Crippen LogP contribution in [-0.4, -0.2) is 92.1 Å². The third-order valence-corrected chi connectivity index (χ3v) is 13.0. The Morgan fingerprint density at radius 3 is 2.38 bits per heavy atom. The second-order valence-electron chi connectivity index (χ2n) is 17.6. The van der Waals surface area contributed by atoms with E-state index in [0.29, 0.717) is 62.4 Å². The van der Waals surface area contributed by atoms with Gasteiger partial charge in [-0.15, -0.1) is 21.5 Å². The van der Waals surface area contributed by atoms with Gasteiger partial charge < -0.3 is 36.4 Å². The lowest BCUT2D eigenvalue weighted by molar-refractivity contribution is -0.146. The molecule has 15 heteroatoms. The van der Waals surface area contributed by atoms with Crippen molar-refractivity contribution in [3.05, 3.63) is 71.4 Å². The molecule has 0 radical (unpaired) electrons. The molecule has 2 aliphatic heterocycles. The first-order chi connectivity index (χ1) is 29.1. The number of carbonyl (C=O) groups excluding carboxylic acids is 4. The van der Waals surface area contributed by atoms with Crippen LogP contribution in [0.3, 0.4) is 0 Å². The molecular formula is C46H60N8O6S. The number of carbonyl (C=O) groups is 4. The standard InChI is InChI=1S/C46H60N8O6S/c1-28(30-14-16-31(17-15-30)41-29(2)49-27-61-41)50-44(59)39-24-34(56)26-54(39)45(60)36(46(3,4)5)23-33(55)11-7-6-10-20-48-43(58)32-18-21-53(22-19-32)38-25-37(51-52-42(38)47)35-12-8-9-13-40(35)57/h8-9,12-17,25,27-28,32,34,36,39,56-57H,6-7,10-11,18-24,26H2,1-5H3,(H2,47,52)(H,48,58)(H,50,59)/t28-,34+,36+,39-/m0/s1. The number of aromatic hydroxyl groups is 1. The van der Waals surface area contributed by atoms with Gasteiger partial charge in [0.15, 0.2) is 5.82 Å². The fourth-order valence-electron chi connectivity index (χ4n) is 8.32. The molecule has 0 bridgehead atoms.